The Hall–Kier alpha value is -0.910. The predicted octanol–water partition coefficient (Wildman–Crippen LogP) is 2.92. The van der Waals surface area contributed by atoms with Gasteiger partial charge < -0.3 is 0 Å². The second kappa shape index (κ2) is 5.62. The average molecular weight is 324 g/mol. The Labute approximate surface area is 135 Å². The van der Waals surface area contributed by atoms with Gasteiger partial charge in [-0.25, -0.2) is 13.1 Å². The van der Waals surface area contributed by atoms with Gasteiger partial charge in [-0.2, -0.15) is 0 Å². The number of aryl methyl sites for hydroxylation is 1. The highest BCUT2D eigenvalue weighted by atomic mass is 32.2. The van der Waals surface area contributed by atoms with E-state index in [1.54, 1.807) is 12.1 Å². The van der Waals surface area contributed by atoms with E-state index < -0.39 is 10.0 Å². The highest BCUT2D eigenvalue weighted by Gasteiger charge is 2.44. The van der Waals surface area contributed by atoms with E-state index in [4.69, 9.17) is 0 Å². The molecule has 2 rings (SSSR count). The molecule has 0 atom stereocenters. The Morgan fingerprint density at radius 2 is 1.50 bits per heavy atom. The van der Waals surface area contributed by atoms with E-state index in [2.05, 4.69) is 44.4 Å². The fourth-order valence-corrected chi connectivity index (χ4v) is 4.70. The first-order valence-electron chi connectivity index (χ1n) is 7.77. The van der Waals surface area contributed by atoms with Crippen LogP contribution in [0.5, 0.6) is 0 Å². The largest absolute Gasteiger partial charge is 0.296 e. The summed E-state index contributed by atoms with van der Waals surface area (Å²) in [4.78, 5) is 2.68. The van der Waals surface area contributed by atoms with Crippen molar-refractivity contribution in [2.24, 2.45) is 0 Å². The van der Waals surface area contributed by atoms with Gasteiger partial charge in [0, 0.05) is 17.1 Å². The Morgan fingerprint density at radius 1 is 1.05 bits per heavy atom. The summed E-state index contributed by atoms with van der Waals surface area (Å²) in [7, 11) is -1.35. The van der Waals surface area contributed by atoms with Crippen LogP contribution in [0, 0.1) is 6.92 Å². The summed E-state index contributed by atoms with van der Waals surface area (Å²) in [6.07, 6.45) is 1.61. The van der Waals surface area contributed by atoms with Crippen LogP contribution in [0.4, 0.5) is 0 Å². The average Bonchev–Trinajstić information content (AvgIpc) is 2.35. The Balaban J connectivity index is 2.21. The van der Waals surface area contributed by atoms with Crippen LogP contribution in [0.3, 0.4) is 0 Å². The third-order valence-corrected chi connectivity index (χ3v) is 6.50. The van der Waals surface area contributed by atoms with E-state index in [9.17, 15) is 8.42 Å². The maximum atomic E-state index is 12.6. The van der Waals surface area contributed by atoms with Crippen molar-refractivity contribution >= 4 is 10.0 Å². The number of piperidine rings is 1. The molecular formula is C17H28N2O2S. The number of nitrogens with one attached hydrogen (secondary N) is 1. The standard InChI is InChI=1S/C17H28N2O2S/c1-13-7-9-15(10-8-13)22(20,21)18-14-11-16(2,3)19(6)17(4,5)12-14/h7-10,14,18H,11-12H2,1-6H3. The number of likely N-dealkylation sites (tertiary alicyclic amines) is 1. The molecule has 1 aliphatic rings. The van der Waals surface area contributed by atoms with Gasteiger partial charge in [-0.3, -0.25) is 4.90 Å². The number of benzene rings is 1. The zero-order chi connectivity index (χ0) is 16.8. The number of nitrogens with zero attached hydrogens (tertiary/aromatic N) is 1. The van der Waals surface area contributed by atoms with Gasteiger partial charge in [0.05, 0.1) is 4.90 Å². The summed E-state index contributed by atoms with van der Waals surface area (Å²) in [5.74, 6) is 0. The SMILES string of the molecule is Cc1ccc(S(=O)(=O)NC2CC(C)(C)N(C)C(C)(C)C2)cc1. The van der Waals surface area contributed by atoms with Crippen molar-refractivity contribution in [3.63, 3.8) is 0 Å². The molecule has 0 aliphatic carbocycles. The molecule has 1 aromatic rings. The molecule has 0 radical (unpaired) electrons. The van der Waals surface area contributed by atoms with Crippen LogP contribution in [0.1, 0.15) is 46.1 Å². The van der Waals surface area contributed by atoms with Crippen LogP contribution in [0.15, 0.2) is 29.2 Å². The van der Waals surface area contributed by atoms with Crippen molar-refractivity contribution in [2.75, 3.05) is 7.05 Å². The molecule has 1 aliphatic heterocycles. The molecule has 0 amide bonds. The second-order valence-electron chi connectivity index (χ2n) is 7.72. The fraction of sp³-hybridized carbons (Fsp3) is 0.647. The molecule has 0 bridgehead atoms. The molecule has 5 heteroatoms. The van der Waals surface area contributed by atoms with Crippen molar-refractivity contribution < 1.29 is 8.42 Å². The van der Waals surface area contributed by atoms with Gasteiger partial charge in [0.25, 0.3) is 0 Å². The zero-order valence-corrected chi connectivity index (χ0v) is 15.3. The summed E-state index contributed by atoms with van der Waals surface area (Å²) in [6, 6.07) is 6.95. The Morgan fingerprint density at radius 3 is 1.95 bits per heavy atom. The van der Waals surface area contributed by atoms with E-state index in [0.29, 0.717) is 4.90 Å². The van der Waals surface area contributed by atoms with Gasteiger partial charge in [0.2, 0.25) is 10.0 Å². The number of hydrogen-bond donors (Lipinski definition) is 1. The molecule has 22 heavy (non-hydrogen) atoms. The van der Waals surface area contributed by atoms with Crippen molar-refractivity contribution in [2.45, 2.75) is 69.5 Å². The minimum Gasteiger partial charge on any atom is -0.296 e. The summed E-state index contributed by atoms with van der Waals surface area (Å²) < 4.78 is 28.1. The maximum absolute atomic E-state index is 12.6. The first-order valence-corrected chi connectivity index (χ1v) is 9.25. The summed E-state index contributed by atoms with van der Waals surface area (Å²) in [5, 5.41) is 0. The van der Waals surface area contributed by atoms with E-state index in [1.807, 2.05) is 19.1 Å². The summed E-state index contributed by atoms with van der Waals surface area (Å²) in [6.45, 7) is 10.6. The van der Waals surface area contributed by atoms with Crippen molar-refractivity contribution in [1.29, 1.82) is 0 Å². The molecule has 1 N–H and O–H groups in total. The van der Waals surface area contributed by atoms with Crippen LogP contribution < -0.4 is 4.72 Å². The molecule has 1 aromatic carbocycles. The number of sulfonamides is 1. The highest BCUT2D eigenvalue weighted by molar-refractivity contribution is 7.89. The molecule has 0 spiro atoms. The highest BCUT2D eigenvalue weighted by Crippen LogP contribution is 2.37. The van der Waals surface area contributed by atoms with Gasteiger partial charge in [-0.1, -0.05) is 17.7 Å². The van der Waals surface area contributed by atoms with Gasteiger partial charge in [-0.15, -0.1) is 0 Å². The zero-order valence-electron chi connectivity index (χ0n) is 14.5. The quantitative estimate of drug-likeness (QED) is 0.930. The lowest BCUT2D eigenvalue weighted by molar-refractivity contribution is -0.0140. The predicted molar refractivity (Wildman–Crippen MR) is 90.4 cm³/mol. The van der Waals surface area contributed by atoms with Gasteiger partial charge >= 0.3 is 0 Å². The monoisotopic (exact) mass is 324 g/mol. The smallest absolute Gasteiger partial charge is 0.240 e. The molecule has 1 heterocycles. The molecule has 124 valence electrons. The summed E-state index contributed by atoms with van der Waals surface area (Å²) >= 11 is 0. The topological polar surface area (TPSA) is 49.4 Å². The van der Waals surface area contributed by atoms with Crippen molar-refractivity contribution in [3.05, 3.63) is 29.8 Å². The number of rotatable bonds is 3. The lowest BCUT2D eigenvalue weighted by Crippen LogP contribution is -2.62. The van der Waals surface area contributed by atoms with Crippen LogP contribution in [0.25, 0.3) is 0 Å². The minimum absolute atomic E-state index is 0.0395. The minimum atomic E-state index is -3.46. The van der Waals surface area contributed by atoms with Gasteiger partial charge in [-0.05, 0) is 66.6 Å². The third-order valence-electron chi connectivity index (χ3n) is 4.96. The van der Waals surface area contributed by atoms with Crippen LogP contribution in [0.2, 0.25) is 0 Å². The molecule has 1 saturated heterocycles. The molecular weight excluding hydrogens is 296 g/mol. The van der Waals surface area contributed by atoms with E-state index in [1.165, 1.54) is 0 Å². The Kier molecular flexibility index (Phi) is 4.46. The number of hydrogen-bond acceptors (Lipinski definition) is 3. The molecule has 0 saturated carbocycles. The van der Waals surface area contributed by atoms with Crippen LogP contribution in [-0.4, -0.2) is 37.5 Å². The molecule has 0 unspecified atom stereocenters. The first-order chi connectivity index (χ1) is 9.94. The first kappa shape index (κ1) is 17.4. The normalized spacial score (nSPS) is 22.6. The van der Waals surface area contributed by atoms with Crippen LogP contribution in [-0.2, 0) is 10.0 Å². The van der Waals surface area contributed by atoms with Crippen molar-refractivity contribution in [3.8, 4) is 0 Å². The molecule has 1 fully saturated rings. The second-order valence-corrected chi connectivity index (χ2v) is 9.44. The van der Waals surface area contributed by atoms with Crippen LogP contribution >= 0.6 is 0 Å². The van der Waals surface area contributed by atoms with E-state index >= 15 is 0 Å². The maximum Gasteiger partial charge on any atom is 0.240 e. The summed E-state index contributed by atoms with van der Waals surface area (Å²) in [5.41, 5.74) is 0.977. The van der Waals surface area contributed by atoms with E-state index in [0.717, 1.165) is 18.4 Å². The Bertz CT molecular complexity index is 615. The van der Waals surface area contributed by atoms with Crippen molar-refractivity contribution in [1.82, 2.24) is 9.62 Å². The molecule has 4 nitrogen and oxygen atoms in total. The molecule has 0 aromatic heterocycles. The van der Waals surface area contributed by atoms with Gasteiger partial charge in [0.1, 0.15) is 0 Å². The third kappa shape index (κ3) is 3.53. The van der Waals surface area contributed by atoms with E-state index in [-0.39, 0.29) is 17.1 Å². The fourth-order valence-electron chi connectivity index (χ4n) is 3.46. The lowest BCUT2D eigenvalue weighted by Gasteiger charge is -2.53. The van der Waals surface area contributed by atoms with Gasteiger partial charge in [0.15, 0.2) is 0 Å². The lowest BCUT2D eigenvalue weighted by atomic mass is 9.78.